The maximum absolute atomic E-state index is 13.8. The predicted molar refractivity (Wildman–Crippen MR) is 196 cm³/mol. The van der Waals surface area contributed by atoms with E-state index in [4.69, 9.17) is 23.7 Å². The summed E-state index contributed by atoms with van der Waals surface area (Å²) in [5.41, 5.74) is 1.69. The second-order valence-electron chi connectivity index (χ2n) is 12.7. The molecule has 3 aromatic rings. The molecule has 9 nitrogen and oxygen atoms in total. The molecule has 3 rings (SSSR count). The van der Waals surface area contributed by atoms with Gasteiger partial charge >= 0.3 is 6.09 Å². The van der Waals surface area contributed by atoms with Crippen LogP contribution in [0, 0.1) is 0 Å². The van der Waals surface area contributed by atoms with Gasteiger partial charge in [0.15, 0.2) is 23.9 Å². The Kier molecular flexibility index (Phi) is 21.7. The number of amides is 2. The molecule has 0 N–H and O–H groups in total. The summed E-state index contributed by atoms with van der Waals surface area (Å²) < 4.78 is 30.6. The van der Waals surface area contributed by atoms with E-state index >= 15 is 0 Å². The number of carbonyl (C=O) groups is 2. The number of aromatic nitrogens is 1. The van der Waals surface area contributed by atoms with Crippen LogP contribution >= 0.6 is 0 Å². The van der Waals surface area contributed by atoms with Crippen molar-refractivity contribution in [3.05, 3.63) is 77.6 Å². The lowest BCUT2D eigenvalue weighted by Gasteiger charge is -2.22. The standard InChI is InChI=1S/C41H59N2O7.HI/c1-6-8-9-10-11-12-13-14-15-16-17-20-27-49-39-37(47-4)28-34(29-38(39)48-5)32-50-41(45)43(31-33-22-21-26-42(30-33)25-7-2)40(44)35-23-18-19-24-36(35)46-3;/h18-19,21-24,26,28-30H,6-17,20,25,27,31-32H2,1-5H3;1H/q+1;/p-1. The molecule has 0 aliphatic carbocycles. The Morgan fingerprint density at radius 1 is 0.686 bits per heavy atom. The number of hydrogen-bond donors (Lipinski definition) is 0. The summed E-state index contributed by atoms with van der Waals surface area (Å²) in [4.78, 5) is 28.5. The van der Waals surface area contributed by atoms with Gasteiger partial charge < -0.3 is 47.7 Å². The highest BCUT2D eigenvalue weighted by molar-refractivity contribution is 6.04. The zero-order valence-electron chi connectivity index (χ0n) is 31.4. The third kappa shape index (κ3) is 14.9. The normalized spacial score (nSPS) is 10.6. The van der Waals surface area contributed by atoms with E-state index in [0.717, 1.165) is 36.3 Å². The molecule has 0 saturated carbocycles. The van der Waals surface area contributed by atoms with E-state index in [1.54, 1.807) is 50.6 Å². The summed E-state index contributed by atoms with van der Waals surface area (Å²) >= 11 is 0. The Morgan fingerprint density at radius 2 is 1.27 bits per heavy atom. The van der Waals surface area contributed by atoms with Crippen LogP contribution in [0.3, 0.4) is 0 Å². The molecule has 0 aliphatic rings. The molecule has 2 aromatic carbocycles. The van der Waals surface area contributed by atoms with E-state index in [1.807, 2.05) is 29.1 Å². The van der Waals surface area contributed by atoms with Crippen LogP contribution in [0.15, 0.2) is 60.9 Å². The number of rotatable bonds is 24. The fraction of sp³-hybridized carbons (Fsp3) is 0.537. The number of unbranched alkanes of at least 4 members (excludes halogenated alkanes) is 11. The molecule has 1 heterocycles. The number of methoxy groups -OCH3 is 3. The number of benzene rings is 2. The molecule has 282 valence electrons. The topological polar surface area (TPSA) is 87.4 Å². The second kappa shape index (κ2) is 25.4. The van der Waals surface area contributed by atoms with Gasteiger partial charge in [0.2, 0.25) is 5.75 Å². The van der Waals surface area contributed by atoms with Crippen LogP contribution in [0.4, 0.5) is 4.79 Å². The molecule has 0 bridgehead atoms. The second-order valence-corrected chi connectivity index (χ2v) is 12.7. The molecule has 2 amide bonds. The summed E-state index contributed by atoms with van der Waals surface area (Å²) in [7, 11) is 4.63. The van der Waals surface area contributed by atoms with Crippen LogP contribution in [-0.4, -0.2) is 44.8 Å². The maximum Gasteiger partial charge on any atom is 0.417 e. The Hall–Kier alpha value is -3.54. The zero-order valence-corrected chi connectivity index (χ0v) is 33.6. The van der Waals surface area contributed by atoms with Gasteiger partial charge in [0, 0.05) is 18.1 Å². The fourth-order valence-corrected chi connectivity index (χ4v) is 5.94. The maximum atomic E-state index is 13.8. The summed E-state index contributed by atoms with van der Waals surface area (Å²) in [5.74, 6) is 1.35. The monoisotopic (exact) mass is 818 g/mol. The van der Waals surface area contributed by atoms with E-state index in [0.29, 0.717) is 35.2 Å². The molecular formula is C41H59IN2O7. The lowest BCUT2D eigenvalue weighted by molar-refractivity contribution is -0.697. The molecule has 10 heteroatoms. The highest BCUT2D eigenvalue weighted by Gasteiger charge is 2.28. The summed E-state index contributed by atoms with van der Waals surface area (Å²) in [5, 5.41) is 0. The molecule has 0 fully saturated rings. The number of carbonyl (C=O) groups excluding carboxylic acids is 2. The minimum Gasteiger partial charge on any atom is -1.00 e. The Bertz CT molecular complexity index is 1430. The molecule has 0 atom stereocenters. The van der Waals surface area contributed by atoms with Crippen molar-refractivity contribution in [2.75, 3.05) is 27.9 Å². The van der Waals surface area contributed by atoms with Crippen LogP contribution in [0.2, 0.25) is 0 Å². The number of hydrogen-bond acceptors (Lipinski definition) is 7. The quantitative estimate of drug-likeness (QED) is 0.0582. The van der Waals surface area contributed by atoms with Crippen molar-refractivity contribution >= 4 is 12.0 Å². The van der Waals surface area contributed by atoms with Gasteiger partial charge in [0.1, 0.15) is 18.9 Å². The van der Waals surface area contributed by atoms with E-state index in [1.165, 1.54) is 71.3 Å². The summed E-state index contributed by atoms with van der Waals surface area (Å²) in [6.07, 6.45) is 19.4. The average Bonchev–Trinajstić information content (AvgIpc) is 3.14. The first-order valence-electron chi connectivity index (χ1n) is 18.4. The van der Waals surface area contributed by atoms with Crippen molar-refractivity contribution < 1.29 is 61.8 Å². The molecule has 1 aromatic heterocycles. The predicted octanol–water partition coefficient (Wildman–Crippen LogP) is 6.47. The molecule has 0 unspecified atom stereocenters. The fourth-order valence-electron chi connectivity index (χ4n) is 5.94. The van der Waals surface area contributed by atoms with Crippen LogP contribution < -0.4 is 47.5 Å². The number of aryl methyl sites for hydroxylation is 1. The van der Waals surface area contributed by atoms with Crippen LogP contribution in [0.25, 0.3) is 0 Å². The molecule has 0 aliphatic heterocycles. The third-order valence-electron chi connectivity index (χ3n) is 8.67. The number of nitrogens with zero attached hydrogens (tertiary/aromatic N) is 2. The average molecular weight is 819 g/mol. The van der Waals surface area contributed by atoms with Gasteiger partial charge in [0.05, 0.1) is 40.0 Å². The van der Waals surface area contributed by atoms with Gasteiger partial charge in [-0.25, -0.2) is 14.3 Å². The van der Waals surface area contributed by atoms with Gasteiger partial charge in [-0.2, -0.15) is 0 Å². The van der Waals surface area contributed by atoms with Crippen molar-refractivity contribution in [1.82, 2.24) is 4.90 Å². The number of para-hydroxylation sites is 1. The summed E-state index contributed by atoms with van der Waals surface area (Å²) in [6.45, 7) is 5.65. The minimum absolute atomic E-state index is 0. The van der Waals surface area contributed by atoms with Crippen molar-refractivity contribution in [2.45, 2.75) is 117 Å². The minimum atomic E-state index is -0.781. The first-order valence-corrected chi connectivity index (χ1v) is 18.4. The van der Waals surface area contributed by atoms with E-state index in [9.17, 15) is 9.59 Å². The van der Waals surface area contributed by atoms with E-state index < -0.39 is 12.0 Å². The van der Waals surface area contributed by atoms with Crippen LogP contribution in [0.1, 0.15) is 119 Å². The SMILES string of the molecule is CCCCCCCCCCCCCCOc1c(OC)cc(COC(=O)N(Cc2ccc[n+](CCC)c2)C(=O)c2ccccc2OC)cc1OC.[I-]. The summed E-state index contributed by atoms with van der Waals surface area (Å²) in [6, 6.07) is 14.2. The Morgan fingerprint density at radius 3 is 1.86 bits per heavy atom. The lowest BCUT2D eigenvalue weighted by Crippen LogP contribution is -3.00. The van der Waals surface area contributed by atoms with Crippen molar-refractivity contribution in [1.29, 1.82) is 0 Å². The molecule has 0 spiro atoms. The van der Waals surface area contributed by atoms with Crippen molar-refractivity contribution in [3.63, 3.8) is 0 Å². The Labute approximate surface area is 323 Å². The highest BCUT2D eigenvalue weighted by Crippen LogP contribution is 2.39. The molecule has 51 heavy (non-hydrogen) atoms. The van der Waals surface area contributed by atoms with Gasteiger partial charge in [-0.3, -0.25) is 4.79 Å². The van der Waals surface area contributed by atoms with E-state index in [2.05, 4.69) is 13.8 Å². The smallest absolute Gasteiger partial charge is 0.417 e. The number of imide groups is 1. The van der Waals surface area contributed by atoms with E-state index in [-0.39, 0.29) is 42.7 Å². The van der Waals surface area contributed by atoms with Gasteiger partial charge in [-0.1, -0.05) is 96.6 Å². The van der Waals surface area contributed by atoms with Crippen molar-refractivity contribution in [2.24, 2.45) is 0 Å². The first-order chi connectivity index (χ1) is 24.4. The van der Waals surface area contributed by atoms with Crippen molar-refractivity contribution in [3.8, 4) is 23.0 Å². The molecule has 0 radical (unpaired) electrons. The number of pyridine rings is 1. The van der Waals surface area contributed by atoms with Crippen LogP contribution in [0.5, 0.6) is 23.0 Å². The first kappa shape index (κ1) is 43.6. The van der Waals surface area contributed by atoms with Crippen LogP contribution in [-0.2, 0) is 24.4 Å². The third-order valence-corrected chi connectivity index (χ3v) is 8.67. The van der Waals surface area contributed by atoms with Gasteiger partial charge in [0.25, 0.3) is 5.91 Å². The number of halogens is 1. The number of ether oxygens (including phenoxy) is 5. The molecular weight excluding hydrogens is 759 g/mol. The largest absolute Gasteiger partial charge is 1.00 e. The zero-order chi connectivity index (χ0) is 36.0. The Balaban J connectivity index is 0.00000901. The van der Waals surface area contributed by atoms with Gasteiger partial charge in [-0.05, 0) is 42.3 Å². The van der Waals surface area contributed by atoms with Gasteiger partial charge in [-0.15, -0.1) is 0 Å². The lowest BCUT2D eigenvalue weighted by atomic mass is 10.1. The molecule has 0 saturated heterocycles. The highest BCUT2D eigenvalue weighted by atomic mass is 127.